The Morgan fingerprint density at radius 1 is 1.10 bits per heavy atom. The van der Waals surface area contributed by atoms with Crippen LogP contribution >= 0.6 is 0 Å². The van der Waals surface area contributed by atoms with Gasteiger partial charge in [-0.3, -0.25) is 0 Å². The summed E-state index contributed by atoms with van der Waals surface area (Å²) in [5.41, 5.74) is 1.14. The first-order valence-corrected chi connectivity index (χ1v) is 8.60. The van der Waals surface area contributed by atoms with Gasteiger partial charge in [-0.25, -0.2) is 13.6 Å². The van der Waals surface area contributed by atoms with Crippen molar-refractivity contribution in [3.05, 3.63) is 29.8 Å². The molecule has 0 aliphatic carbocycles. The number of rotatable bonds is 7. The summed E-state index contributed by atoms with van der Waals surface area (Å²) in [5.74, 6) is 1.09. The normalized spacial score (nSPS) is 13.9. The van der Waals surface area contributed by atoms with Crippen molar-refractivity contribution in [1.82, 2.24) is 5.32 Å². The van der Waals surface area contributed by atoms with E-state index in [4.69, 9.17) is 5.14 Å². The van der Waals surface area contributed by atoms with Crippen LogP contribution in [0.25, 0.3) is 0 Å². The SMILES string of the molecule is CC(C)NCC(Cc1ccc(S(N)(=O)=O)cc1)C(C)C. The fraction of sp³-hybridized carbons (Fsp3) is 0.600. The van der Waals surface area contributed by atoms with Crippen molar-refractivity contribution < 1.29 is 8.42 Å². The van der Waals surface area contributed by atoms with Crippen LogP contribution in [0.15, 0.2) is 29.2 Å². The van der Waals surface area contributed by atoms with E-state index in [1.54, 1.807) is 12.1 Å². The molecular formula is C15H26N2O2S. The van der Waals surface area contributed by atoms with Crippen molar-refractivity contribution in [3.8, 4) is 0 Å². The Morgan fingerprint density at radius 2 is 1.65 bits per heavy atom. The molecule has 0 amide bonds. The molecule has 1 aromatic carbocycles. The third-order valence-corrected chi connectivity index (χ3v) is 4.41. The first-order chi connectivity index (χ1) is 9.20. The molecule has 0 heterocycles. The van der Waals surface area contributed by atoms with Crippen molar-refractivity contribution in [1.29, 1.82) is 0 Å². The van der Waals surface area contributed by atoms with Gasteiger partial charge in [-0.1, -0.05) is 39.8 Å². The second-order valence-corrected chi connectivity index (χ2v) is 7.52. The smallest absolute Gasteiger partial charge is 0.238 e. The molecule has 0 aliphatic heterocycles. The summed E-state index contributed by atoms with van der Waals surface area (Å²) >= 11 is 0. The second-order valence-electron chi connectivity index (χ2n) is 5.96. The second kappa shape index (κ2) is 7.20. The summed E-state index contributed by atoms with van der Waals surface area (Å²) in [4.78, 5) is 0.169. The number of hydrogen-bond donors (Lipinski definition) is 2. The van der Waals surface area contributed by atoms with Gasteiger partial charge < -0.3 is 5.32 Å². The van der Waals surface area contributed by atoms with Crippen LogP contribution in [0.4, 0.5) is 0 Å². The van der Waals surface area contributed by atoms with Gasteiger partial charge in [0.25, 0.3) is 0 Å². The van der Waals surface area contributed by atoms with Crippen LogP contribution < -0.4 is 10.5 Å². The topological polar surface area (TPSA) is 72.2 Å². The van der Waals surface area contributed by atoms with Crippen LogP contribution in [0.5, 0.6) is 0 Å². The summed E-state index contributed by atoms with van der Waals surface area (Å²) in [5, 5.41) is 8.57. The van der Waals surface area contributed by atoms with Crippen molar-refractivity contribution in [2.24, 2.45) is 17.0 Å². The largest absolute Gasteiger partial charge is 0.314 e. The lowest BCUT2D eigenvalue weighted by Gasteiger charge is -2.23. The lowest BCUT2D eigenvalue weighted by molar-refractivity contribution is 0.349. The van der Waals surface area contributed by atoms with Crippen LogP contribution in [0.3, 0.4) is 0 Å². The Balaban J connectivity index is 2.74. The number of nitrogens with one attached hydrogen (secondary N) is 1. The molecule has 1 atom stereocenters. The highest BCUT2D eigenvalue weighted by molar-refractivity contribution is 7.89. The highest BCUT2D eigenvalue weighted by Crippen LogP contribution is 2.18. The van der Waals surface area contributed by atoms with Gasteiger partial charge in [0, 0.05) is 6.04 Å². The zero-order chi connectivity index (χ0) is 15.3. The minimum atomic E-state index is -3.60. The number of sulfonamides is 1. The molecule has 0 saturated carbocycles. The molecule has 0 radical (unpaired) electrons. The maximum atomic E-state index is 11.2. The Bertz CT molecular complexity index is 507. The molecule has 4 nitrogen and oxygen atoms in total. The summed E-state index contributed by atoms with van der Waals surface area (Å²) in [6.45, 7) is 9.67. The van der Waals surface area contributed by atoms with Crippen molar-refractivity contribution in [2.45, 2.75) is 45.1 Å². The quantitative estimate of drug-likeness (QED) is 0.810. The highest BCUT2D eigenvalue weighted by atomic mass is 32.2. The van der Waals surface area contributed by atoms with Crippen LogP contribution in [-0.2, 0) is 16.4 Å². The standard InChI is InChI=1S/C15H26N2O2S/c1-11(2)14(10-17-12(3)4)9-13-5-7-15(8-6-13)20(16,18)19/h5-8,11-12,14,17H,9-10H2,1-4H3,(H2,16,18,19). The van der Waals surface area contributed by atoms with E-state index in [0.717, 1.165) is 18.5 Å². The van der Waals surface area contributed by atoms with Gasteiger partial charge in [-0.2, -0.15) is 0 Å². The monoisotopic (exact) mass is 298 g/mol. The van der Waals surface area contributed by atoms with E-state index in [-0.39, 0.29) is 4.90 Å². The number of primary sulfonamides is 1. The molecule has 1 aromatic rings. The highest BCUT2D eigenvalue weighted by Gasteiger charge is 2.15. The number of hydrogen-bond acceptors (Lipinski definition) is 3. The summed E-state index contributed by atoms with van der Waals surface area (Å²) in [6.07, 6.45) is 0.933. The maximum absolute atomic E-state index is 11.2. The molecule has 0 aromatic heterocycles. The van der Waals surface area contributed by atoms with Gasteiger partial charge in [0.15, 0.2) is 0 Å². The first-order valence-electron chi connectivity index (χ1n) is 7.05. The zero-order valence-corrected chi connectivity index (χ0v) is 13.6. The van der Waals surface area contributed by atoms with Gasteiger partial charge in [-0.15, -0.1) is 0 Å². The Hall–Kier alpha value is -0.910. The van der Waals surface area contributed by atoms with Crippen molar-refractivity contribution in [3.63, 3.8) is 0 Å². The summed E-state index contributed by atoms with van der Waals surface area (Å²) < 4.78 is 22.4. The minimum absolute atomic E-state index is 0.169. The van der Waals surface area contributed by atoms with E-state index < -0.39 is 10.0 Å². The van der Waals surface area contributed by atoms with Crippen LogP contribution in [0.1, 0.15) is 33.3 Å². The van der Waals surface area contributed by atoms with E-state index in [0.29, 0.717) is 17.9 Å². The molecule has 114 valence electrons. The van der Waals surface area contributed by atoms with E-state index >= 15 is 0 Å². The lowest BCUT2D eigenvalue weighted by atomic mass is 9.89. The molecule has 0 fully saturated rings. The third kappa shape index (κ3) is 5.61. The van der Waals surface area contributed by atoms with E-state index in [9.17, 15) is 8.42 Å². The van der Waals surface area contributed by atoms with Gasteiger partial charge in [0.05, 0.1) is 4.90 Å². The Kier molecular flexibility index (Phi) is 6.17. The van der Waals surface area contributed by atoms with Crippen LogP contribution in [-0.4, -0.2) is 21.0 Å². The molecule has 0 spiro atoms. The molecule has 5 heteroatoms. The molecule has 3 N–H and O–H groups in total. The van der Waals surface area contributed by atoms with Gasteiger partial charge in [-0.05, 0) is 42.5 Å². The fourth-order valence-corrected chi connectivity index (χ4v) is 2.56. The van der Waals surface area contributed by atoms with E-state index in [2.05, 4.69) is 33.0 Å². The van der Waals surface area contributed by atoms with Gasteiger partial charge in [0.1, 0.15) is 0 Å². The summed E-state index contributed by atoms with van der Waals surface area (Å²) in [7, 11) is -3.60. The van der Waals surface area contributed by atoms with Crippen LogP contribution in [0.2, 0.25) is 0 Å². The average molecular weight is 298 g/mol. The number of benzene rings is 1. The maximum Gasteiger partial charge on any atom is 0.238 e. The van der Waals surface area contributed by atoms with Crippen LogP contribution in [0, 0.1) is 11.8 Å². The molecule has 20 heavy (non-hydrogen) atoms. The van der Waals surface area contributed by atoms with Crippen molar-refractivity contribution >= 4 is 10.0 Å². The third-order valence-electron chi connectivity index (χ3n) is 3.48. The molecule has 0 bridgehead atoms. The average Bonchev–Trinajstić information content (AvgIpc) is 2.33. The lowest BCUT2D eigenvalue weighted by Crippen LogP contribution is -2.32. The molecule has 1 unspecified atom stereocenters. The Morgan fingerprint density at radius 3 is 2.05 bits per heavy atom. The predicted molar refractivity (Wildman–Crippen MR) is 83.0 cm³/mol. The van der Waals surface area contributed by atoms with Gasteiger partial charge >= 0.3 is 0 Å². The van der Waals surface area contributed by atoms with E-state index in [1.807, 2.05) is 12.1 Å². The molecule has 0 saturated heterocycles. The number of nitrogens with two attached hydrogens (primary N) is 1. The first kappa shape index (κ1) is 17.1. The van der Waals surface area contributed by atoms with E-state index in [1.165, 1.54) is 0 Å². The van der Waals surface area contributed by atoms with Gasteiger partial charge in [0.2, 0.25) is 10.0 Å². The fourth-order valence-electron chi connectivity index (χ4n) is 2.05. The molecule has 0 aliphatic rings. The molecule has 1 rings (SSSR count). The predicted octanol–water partition coefficient (Wildman–Crippen LogP) is 2.15. The van der Waals surface area contributed by atoms with Crippen molar-refractivity contribution in [2.75, 3.05) is 6.54 Å². The molecular weight excluding hydrogens is 272 g/mol. The zero-order valence-electron chi connectivity index (χ0n) is 12.8. The summed E-state index contributed by atoms with van der Waals surface area (Å²) in [6, 6.07) is 7.34. The minimum Gasteiger partial charge on any atom is -0.314 e. The Labute approximate surface area is 122 Å².